The van der Waals surface area contributed by atoms with E-state index >= 15 is 0 Å². The Morgan fingerprint density at radius 2 is 2.45 bits per heavy atom. The number of thiocarbonyl (C=S) groups is 1. The number of furan rings is 1. The summed E-state index contributed by atoms with van der Waals surface area (Å²) in [4.78, 5) is 14.0. The fourth-order valence-corrected chi connectivity index (χ4v) is 0.755. The van der Waals surface area contributed by atoms with Crippen molar-refractivity contribution in [3.63, 3.8) is 0 Å². The first kappa shape index (κ1) is 8.14. The quantitative estimate of drug-likeness (QED) is 0.500. The highest BCUT2D eigenvalue weighted by Crippen LogP contribution is 2.13. The van der Waals surface area contributed by atoms with Crippen molar-refractivity contribution < 1.29 is 9.21 Å². The van der Waals surface area contributed by atoms with Gasteiger partial charge in [0, 0.05) is 0 Å². The molecule has 1 heterocycles. The minimum atomic E-state index is -0.577. The number of isothiocyanates is 1. The molecule has 0 aromatic carbocycles. The number of nitrogens with zero attached hydrogens (tertiary/aromatic N) is 1. The molecule has 0 spiro atoms. The number of rotatable bonds is 1. The Morgan fingerprint density at radius 3 is 2.91 bits per heavy atom. The Bertz CT molecular complexity index is 327. The van der Waals surface area contributed by atoms with Crippen LogP contribution in [0, 0.1) is 0 Å². The van der Waals surface area contributed by atoms with Crippen LogP contribution in [0.4, 0.5) is 0 Å². The lowest BCUT2D eigenvalue weighted by Gasteiger charge is -1.82. The number of halogens is 1. The Labute approximate surface area is 72.7 Å². The zero-order valence-electron chi connectivity index (χ0n) is 5.20. The van der Waals surface area contributed by atoms with Crippen molar-refractivity contribution in [3.05, 3.63) is 23.1 Å². The maximum Gasteiger partial charge on any atom is 0.321 e. The third-order valence-corrected chi connectivity index (χ3v) is 1.23. The van der Waals surface area contributed by atoms with E-state index in [0.29, 0.717) is 0 Å². The molecule has 5 heteroatoms. The lowest BCUT2D eigenvalue weighted by atomic mass is 10.4. The SMILES string of the molecule is O=C(N=C=S)c1ccc(Cl)o1. The van der Waals surface area contributed by atoms with Gasteiger partial charge in [-0.15, -0.1) is 4.99 Å². The topological polar surface area (TPSA) is 42.6 Å². The zero-order chi connectivity index (χ0) is 8.27. The van der Waals surface area contributed by atoms with Crippen LogP contribution in [0.2, 0.25) is 5.22 Å². The minimum Gasteiger partial charge on any atom is -0.439 e. The van der Waals surface area contributed by atoms with Crippen molar-refractivity contribution in [2.75, 3.05) is 0 Å². The van der Waals surface area contributed by atoms with Gasteiger partial charge in [-0.2, -0.15) is 0 Å². The summed E-state index contributed by atoms with van der Waals surface area (Å²) in [5, 5.41) is 2.08. The summed E-state index contributed by atoms with van der Waals surface area (Å²) in [6.45, 7) is 0. The third kappa shape index (κ3) is 1.98. The van der Waals surface area contributed by atoms with Gasteiger partial charge in [0.1, 0.15) is 0 Å². The van der Waals surface area contributed by atoms with Gasteiger partial charge < -0.3 is 4.42 Å². The van der Waals surface area contributed by atoms with Crippen molar-refractivity contribution in [1.29, 1.82) is 0 Å². The Balaban J connectivity index is 2.93. The van der Waals surface area contributed by atoms with E-state index in [4.69, 9.17) is 16.0 Å². The summed E-state index contributed by atoms with van der Waals surface area (Å²) in [6.07, 6.45) is 0. The van der Waals surface area contributed by atoms with Crippen LogP contribution in [-0.2, 0) is 0 Å². The number of hydrogen-bond donors (Lipinski definition) is 0. The van der Waals surface area contributed by atoms with E-state index in [1.165, 1.54) is 12.1 Å². The van der Waals surface area contributed by atoms with Crippen LogP contribution in [0.1, 0.15) is 10.6 Å². The predicted molar refractivity (Wildman–Crippen MR) is 43.1 cm³/mol. The molecule has 0 aliphatic rings. The molecule has 11 heavy (non-hydrogen) atoms. The molecule has 3 nitrogen and oxygen atoms in total. The molecule has 0 saturated carbocycles. The molecule has 56 valence electrons. The molecule has 1 rings (SSSR count). The van der Waals surface area contributed by atoms with Crippen molar-refractivity contribution >= 4 is 34.9 Å². The maximum atomic E-state index is 10.8. The van der Waals surface area contributed by atoms with Gasteiger partial charge in [0.05, 0.1) is 5.16 Å². The molecule has 0 aliphatic heterocycles. The van der Waals surface area contributed by atoms with Crippen LogP contribution in [0.3, 0.4) is 0 Å². The molecule has 0 fully saturated rings. The number of hydrogen-bond acceptors (Lipinski definition) is 3. The number of amides is 1. The highest BCUT2D eigenvalue weighted by Gasteiger charge is 2.07. The third-order valence-electron chi connectivity index (χ3n) is 0.931. The molecule has 0 saturated heterocycles. The number of aliphatic imine (C=N–C) groups is 1. The van der Waals surface area contributed by atoms with Gasteiger partial charge >= 0.3 is 5.91 Å². The predicted octanol–water partition coefficient (Wildman–Crippen LogP) is 2.18. The van der Waals surface area contributed by atoms with Crippen molar-refractivity contribution in [3.8, 4) is 0 Å². The van der Waals surface area contributed by atoms with E-state index in [2.05, 4.69) is 17.2 Å². The second kappa shape index (κ2) is 3.44. The molecular formula is C6H2ClNO2S. The first-order valence-corrected chi connectivity index (χ1v) is 3.40. The highest BCUT2D eigenvalue weighted by molar-refractivity contribution is 7.78. The van der Waals surface area contributed by atoms with Gasteiger partial charge in [-0.1, -0.05) is 0 Å². The molecule has 1 aromatic heterocycles. The average molecular weight is 188 g/mol. The summed E-state index contributed by atoms with van der Waals surface area (Å²) < 4.78 is 4.73. The Kier molecular flexibility index (Phi) is 2.54. The normalized spacial score (nSPS) is 8.82. The summed E-state index contributed by atoms with van der Waals surface area (Å²) >= 11 is 9.62. The first-order chi connectivity index (χ1) is 5.24. The molecule has 0 aliphatic carbocycles. The second-order valence-electron chi connectivity index (χ2n) is 1.61. The molecule has 0 bridgehead atoms. The average Bonchev–Trinajstić information content (AvgIpc) is 2.36. The zero-order valence-corrected chi connectivity index (χ0v) is 6.78. The Hall–Kier alpha value is -0.960. The molecule has 1 aromatic rings. The summed E-state index contributed by atoms with van der Waals surface area (Å²) in [6, 6.07) is 2.87. The molecule has 0 unspecified atom stereocenters. The molecule has 0 N–H and O–H groups in total. The van der Waals surface area contributed by atoms with Gasteiger partial charge in [0.15, 0.2) is 11.0 Å². The highest BCUT2D eigenvalue weighted by atomic mass is 35.5. The summed E-state index contributed by atoms with van der Waals surface area (Å²) in [5.41, 5.74) is 0. The number of carbonyl (C=O) groups is 1. The molecule has 0 atom stereocenters. The van der Waals surface area contributed by atoms with Gasteiger partial charge in [-0.05, 0) is 36.0 Å². The van der Waals surface area contributed by atoms with Crippen LogP contribution in [-0.4, -0.2) is 11.1 Å². The van der Waals surface area contributed by atoms with Crippen LogP contribution in [0.25, 0.3) is 0 Å². The largest absolute Gasteiger partial charge is 0.439 e. The van der Waals surface area contributed by atoms with Crippen LogP contribution in [0.15, 0.2) is 21.5 Å². The van der Waals surface area contributed by atoms with Crippen LogP contribution in [0.5, 0.6) is 0 Å². The lowest BCUT2D eigenvalue weighted by molar-refractivity contribution is 0.0977. The van der Waals surface area contributed by atoms with Crippen molar-refractivity contribution in [2.24, 2.45) is 4.99 Å². The van der Waals surface area contributed by atoms with E-state index in [0.717, 1.165) is 0 Å². The van der Waals surface area contributed by atoms with Gasteiger partial charge in [-0.3, -0.25) is 4.79 Å². The van der Waals surface area contributed by atoms with Gasteiger partial charge in [0.2, 0.25) is 0 Å². The number of carbonyl (C=O) groups excluding carboxylic acids is 1. The molecular weight excluding hydrogens is 186 g/mol. The van der Waals surface area contributed by atoms with E-state index in [9.17, 15) is 4.79 Å². The van der Waals surface area contributed by atoms with Crippen molar-refractivity contribution in [2.45, 2.75) is 0 Å². The van der Waals surface area contributed by atoms with E-state index in [1.54, 1.807) is 0 Å². The van der Waals surface area contributed by atoms with Gasteiger partial charge in [-0.25, -0.2) is 0 Å². The summed E-state index contributed by atoms with van der Waals surface area (Å²) in [7, 11) is 0. The van der Waals surface area contributed by atoms with E-state index in [1.807, 2.05) is 5.16 Å². The van der Waals surface area contributed by atoms with Crippen LogP contribution >= 0.6 is 23.8 Å². The van der Waals surface area contributed by atoms with Gasteiger partial charge in [0.25, 0.3) is 0 Å². The van der Waals surface area contributed by atoms with E-state index < -0.39 is 5.91 Å². The van der Waals surface area contributed by atoms with Crippen molar-refractivity contribution in [1.82, 2.24) is 0 Å². The second-order valence-corrected chi connectivity index (χ2v) is 2.17. The smallest absolute Gasteiger partial charge is 0.321 e. The summed E-state index contributed by atoms with van der Waals surface area (Å²) in [5.74, 6) is -0.515. The minimum absolute atomic E-state index is 0.0624. The van der Waals surface area contributed by atoms with E-state index in [-0.39, 0.29) is 11.0 Å². The van der Waals surface area contributed by atoms with Crippen LogP contribution < -0.4 is 0 Å². The Morgan fingerprint density at radius 1 is 1.73 bits per heavy atom. The molecule has 1 amide bonds. The monoisotopic (exact) mass is 187 g/mol. The lowest BCUT2D eigenvalue weighted by Crippen LogP contribution is -1.89. The maximum absolute atomic E-state index is 10.8. The standard InChI is InChI=1S/C6H2ClNO2S/c7-5-2-1-4(10-5)6(9)8-3-11/h1-2H. The fourth-order valence-electron chi connectivity index (χ4n) is 0.526. The molecule has 0 radical (unpaired) electrons. The first-order valence-electron chi connectivity index (χ1n) is 2.61. The fraction of sp³-hybridized carbons (Fsp3) is 0.